The molecule has 2 aromatic heterocycles. The van der Waals surface area contributed by atoms with Crippen molar-refractivity contribution in [3.05, 3.63) is 119 Å². The molecule has 0 unspecified atom stereocenters. The van der Waals surface area contributed by atoms with Crippen molar-refractivity contribution in [1.29, 1.82) is 0 Å². The lowest BCUT2D eigenvalue weighted by Gasteiger charge is -2.21. The van der Waals surface area contributed by atoms with Crippen LogP contribution in [0.3, 0.4) is 0 Å². The lowest BCUT2D eigenvalue weighted by molar-refractivity contribution is -0.119. The van der Waals surface area contributed by atoms with Gasteiger partial charge in [0, 0.05) is 31.3 Å². The number of imidazole rings is 1. The number of hydrogen-bond acceptors (Lipinski definition) is 4. The minimum absolute atomic E-state index is 0.208. The summed E-state index contributed by atoms with van der Waals surface area (Å²) in [5, 5.41) is 3.07. The molecule has 0 saturated carbocycles. The second-order valence-electron chi connectivity index (χ2n) is 10.3. The van der Waals surface area contributed by atoms with Crippen molar-refractivity contribution in [3.63, 3.8) is 0 Å². The van der Waals surface area contributed by atoms with Crippen molar-refractivity contribution in [2.75, 3.05) is 12.4 Å². The summed E-state index contributed by atoms with van der Waals surface area (Å²) in [4.78, 5) is 31.0. The number of nitrogens with one attached hydrogen (secondary N) is 1. The van der Waals surface area contributed by atoms with Gasteiger partial charge < -0.3 is 19.2 Å². The molecule has 7 nitrogen and oxygen atoms in total. The van der Waals surface area contributed by atoms with E-state index in [-0.39, 0.29) is 5.91 Å². The molecule has 1 N–H and O–H groups in total. The number of anilines is 1. The summed E-state index contributed by atoms with van der Waals surface area (Å²) >= 11 is 0. The van der Waals surface area contributed by atoms with Gasteiger partial charge in [0.1, 0.15) is 17.6 Å². The van der Waals surface area contributed by atoms with Crippen LogP contribution in [0, 0.1) is 6.92 Å². The number of amides is 1. The minimum Gasteiger partial charge on any atom is -0.464 e. The zero-order valence-electron chi connectivity index (χ0n) is 23.8. The molecular formula is C34H36N4O3. The number of hydrogen-bond donors (Lipinski definition) is 1. The number of aryl methyl sites for hydroxylation is 2. The molecule has 0 spiro atoms. The van der Waals surface area contributed by atoms with Gasteiger partial charge in [-0.2, -0.15) is 0 Å². The van der Waals surface area contributed by atoms with E-state index in [4.69, 9.17) is 9.72 Å². The van der Waals surface area contributed by atoms with E-state index in [1.807, 2.05) is 54.6 Å². The van der Waals surface area contributed by atoms with Crippen LogP contribution in [-0.2, 0) is 28.9 Å². The third-order valence-corrected chi connectivity index (χ3v) is 7.46. The predicted octanol–water partition coefficient (Wildman–Crippen LogP) is 6.75. The molecule has 0 fully saturated rings. The van der Waals surface area contributed by atoms with Crippen molar-refractivity contribution in [2.45, 2.75) is 52.1 Å². The highest BCUT2D eigenvalue weighted by Gasteiger charge is 2.25. The van der Waals surface area contributed by atoms with Gasteiger partial charge in [-0.1, -0.05) is 67.9 Å². The molecule has 1 amide bonds. The molecule has 0 radical (unpaired) electrons. The lowest BCUT2D eigenvalue weighted by atomic mass is 10.0. The van der Waals surface area contributed by atoms with E-state index in [9.17, 15) is 9.59 Å². The molecule has 41 heavy (non-hydrogen) atoms. The molecule has 5 aromatic rings. The van der Waals surface area contributed by atoms with E-state index in [2.05, 4.69) is 41.9 Å². The Bertz CT molecular complexity index is 1630. The summed E-state index contributed by atoms with van der Waals surface area (Å²) in [7, 11) is 1.34. The summed E-state index contributed by atoms with van der Waals surface area (Å²) in [6.45, 7) is 5.01. The van der Waals surface area contributed by atoms with Gasteiger partial charge in [0.2, 0.25) is 5.91 Å². The van der Waals surface area contributed by atoms with Gasteiger partial charge in [-0.3, -0.25) is 4.79 Å². The fraction of sp³-hybridized carbons (Fsp3) is 0.265. The molecule has 0 aliphatic carbocycles. The third kappa shape index (κ3) is 6.24. The SMILES string of the molecule is CCCCc1nc2c(C)cccc2n1Cc1ccc(NC(=O)[C@H](Cc2ccccc2)n2cccc2C(=O)OC)cc1. The lowest BCUT2D eigenvalue weighted by Crippen LogP contribution is -2.29. The second-order valence-corrected chi connectivity index (χ2v) is 10.3. The van der Waals surface area contributed by atoms with Crippen molar-refractivity contribution >= 4 is 28.6 Å². The van der Waals surface area contributed by atoms with E-state index < -0.39 is 12.0 Å². The Balaban J connectivity index is 1.37. The number of aromatic nitrogens is 3. The Labute approximate surface area is 240 Å². The largest absolute Gasteiger partial charge is 0.464 e. The Morgan fingerprint density at radius 1 is 0.927 bits per heavy atom. The number of fused-ring (bicyclic) bond motifs is 1. The number of methoxy groups -OCH3 is 1. The predicted molar refractivity (Wildman–Crippen MR) is 162 cm³/mol. The number of carbonyl (C=O) groups is 2. The Morgan fingerprint density at radius 3 is 2.44 bits per heavy atom. The maximum Gasteiger partial charge on any atom is 0.354 e. The van der Waals surface area contributed by atoms with Gasteiger partial charge in [0.25, 0.3) is 0 Å². The van der Waals surface area contributed by atoms with Crippen LogP contribution in [0.2, 0.25) is 0 Å². The topological polar surface area (TPSA) is 78.2 Å². The van der Waals surface area contributed by atoms with Crippen LogP contribution in [0.15, 0.2) is 91.1 Å². The monoisotopic (exact) mass is 548 g/mol. The average molecular weight is 549 g/mol. The molecular weight excluding hydrogens is 512 g/mol. The summed E-state index contributed by atoms with van der Waals surface area (Å²) in [6.07, 6.45) is 5.32. The van der Waals surface area contributed by atoms with Crippen LogP contribution < -0.4 is 5.32 Å². The molecule has 2 heterocycles. The highest BCUT2D eigenvalue weighted by Crippen LogP contribution is 2.24. The molecule has 0 aliphatic heterocycles. The third-order valence-electron chi connectivity index (χ3n) is 7.46. The van der Waals surface area contributed by atoms with E-state index in [1.54, 1.807) is 22.9 Å². The van der Waals surface area contributed by atoms with Crippen LogP contribution in [0.4, 0.5) is 5.69 Å². The molecule has 5 rings (SSSR count). The zero-order valence-corrected chi connectivity index (χ0v) is 23.8. The van der Waals surface area contributed by atoms with Crippen LogP contribution in [0.5, 0.6) is 0 Å². The van der Waals surface area contributed by atoms with E-state index in [0.717, 1.165) is 47.2 Å². The van der Waals surface area contributed by atoms with Crippen LogP contribution in [0.25, 0.3) is 11.0 Å². The van der Waals surface area contributed by atoms with E-state index in [0.29, 0.717) is 24.3 Å². The first kappa shape index (κ1) is 27.9. The molecule has 210 valence electrons. The van der Waals surface area contributed by atoms with Crippen molar-refractivity contribution in [2.24, 2.45) is 0 Å². The Morgan fingerprint density at radius 2 is 1.71 bits per heavy atom. The molecule has 0 bridgehead atoms. The fourth-order valence-corrected chi connectivity index (χ4v) is 5.24. The number of carbonyl (C=O) groups excluding carboxylic acids is 2. The van der Waals surface area contributed by atoms with Gasteiger partial charge in [0.05, 0.1) is 18.1 Å². The smallest absolute Gasteiger partial charge is 0.354 e. The average Bonchev–Trinajstić information content (AvgIpc) is 3.62. The number of esters is 1. The van der Waals surface area contributed by atoms with E-state index in [1.165, 1.54) is 12.7 Å². The highest BCUT2D eigenvalue weighted by molar-refractivity contribution is 5.95. The van der Waals surface area contributed by atoms with Crippen molar-refractivity contribution < 1.29 is 14.3 Å². The number of nitrogens with zero attached hydrogens (tertiary/aromatic N) is 3. The first-order valence-corrected chi connectivity index (χ1v) is 14.1. The molecule has 3 aromatic carbocycles. The van der Waals surface area contributed by atoms with Gasteiger partial charge in [-0.05, 0) is 60.4 Å². The zero-order chi connectivity index (χ0) is 28.8. The number of unbranched alkanes of at least 4 members (excludes halogenated alkanes) is 1. The van der Waals surface area contributed by atoms with Gasteiger partial charge in [-0.15, -0.1) is 0 Å². The first-order valence-electron chi connectivity index (χ1n) is 14.1. The standard InChI is InChI=1S/C34H36N4O3/c1-4-5-16-31-36-32-24(2)11-9-14-28(32)38(31)23-26-17-19-27(20-18-26)35-33(39)30(22-25-12-7-6-8-13-25)37-21-10-15-29(37)34(40)41-3/h6-15,17-21,30H,4-5,16,22-23H2,1-3H3,(H,35,39)/t30-/m0/s1. The normalized spacial score (nSPS) is 11.9. The van der Waals surface area contributed by atoms with Gasteiger partial charge >= 0.3 is 5.97 Å². The van der Waals surface area contributed by atoms with Crippen molar-refractivity contribution in [1.82, 2.24) is 14.1 Å². The summed E-state index contributed by atoms with van der Waals surface area (Å²) in [6, 6.07) is 26.8. The molecule has 0 saturated heterocycles. The first-order chi connectivity index (χ1) is 20.0. The number of ether oxygens (including phenoxy) is 1. The fourth-order valence-electron chi connectivity index (χ4n) is 5.24. The molecule has 1 atom stereocenters. The van der Waals surface area contributed by atoms with Gasteiger partial charge in [0.15, 0.2) is 0 Å². The number of rotatable bonds is 11. The number of para-hydroxylation sites is 1. The maximum absolute atomic E-state index is 13.6. The number of benzene rings is 3. The molecule has 7 heteroatoms. The van der Waals surface area contributed by atoms with Gasteiger partial charge in [-0.25, -0.2) is 9.78 Å². The van der Waals surface area contributed by atoms with Crippen molar-refractivity contribution in [3.8, 4) is 0 Å². The molecule has 0 aliphatic rings. The maximum atomic E-state index is 13.6. The summed E-state index contributed by atoms with van der Waals surface area (Å²) < 4.78 is 8.95. The quantitative estimate of drug-likeness (QED) is 0.185. The Kier molecular flexibility index (Phi) is 8.63. The second kappa shape index (κ2) is 12.7. The van der Waals surface area contributed by atoms with Crippen LogP contribution in [-0.4, -0.2) is 33.1 Å². The highest BCUT2D eigenvalue weighted by atomic mass is 16.5. The summed E-state index contributed by atoms with van der Waals surface area (Å²) in [5.74, 6) is 0.414. The van der Waals surface area contributed by atoms with E-state index >= 15 is 0 Å². The Hall–Kier alpha value is -4.65. The van der Waals surface area contributed by atoms with Crippen LogP contribution >= 0.6 is 0 Å². The van der Waals surface area contributed by atoms with Crippen LogP contribution in [0.1, 0.15) is 58.8 Å². The minimum atomic E-state index is -0.636. The summed E-state index contributed by atoms with van der Waals surface area (Å²) in [5.41, 5.74) is 6.53.